The van der Waals surface area contributed by atoms with Crippen LogP contribution >= 0.6 is 11.6 Å². The highest BCUT2D eigenvalue weighted by Gasteiger charge is 1.96. The SMILES string of the molecule is Clc1ccccn1.c1ccc2nc3ccccc3cc2c1. The van der Waals surface area contributed by atoms with E-state index in [0.29, 0.717) is 5.15 Å². The maximum atomic E-state index is 5.43. The Morgan fingerprint density at radius 2 is 1.24 bits per heavy atom. The highest BCUT2D eigenvalue weighted by atomic mass is 35.5. The molecule has 0 saturated carbocycles. The van der Waals surface area contributed by atoms with Gasteiger partial charge in [0.2, 0.25) is 0 Å². The van der Waals surface area contributed by atoms with E-state index in [4.69, 9.17) is 11.6 Å². The fourth-order valence-electron chi connectivity index (χ4n) is 2.06. The van der Waals surface area contributed by atoms with Crippen molar-refractivity contribution in [1.29, 1.82) is 0 Å². The number of benzene rings is 2. The molecule has 102 valence electrons. The predicted octanol–water partition coefficient (Wildman–Crippen LogP) is 5.12. The van der Waals surface area contributed by atoms with Gasteiger partial charge < -0.3 is 0 Å². The van der Waals surface area contributed by atoms with Crippen molar-refractivity contribution in [3.05, 3.63) is 84.1 Å². The molecular weight excluding hydrogens is 280 g/mol. The van der Waals surface area contributed by atoms with Crippen LogP contribution in [0.5, 0.6) is 0 Å². The molecule has 2 heterocycles. The van der Waals surface area contributed by atoms with E-state index in [-0.39, 0.29) is 0 Å². The standard InChI is InChI=1S/C13H9N.C5H4ClN/c1-3-7-12-10(5-1)9-11-6-2-4-8-13(11)14-12;6-5-3-1-2-4-7-5/h1-9H;1-4H. The first kappa shape index (κ1) is 13.5. The molecule has 0 aliphatic carbocycles. The van der Waals surface area contributed by atoms with Crippen molar-refractivity contribution in [2.24, 2.45) is 0 Å². The van der Waals surface area contributed by atoms with Crippen LogP contribution in [-0.2, 0) is 0 Å². The fourth-order valence-corrected chi connectivity index (χ4v) is 2.19. The lowest BCUT2D eigenvalue weighted by Gasteiger charge is -1.99. The molecule has 2 aromatic carbocycles. The fraction of sp³-hybridized carbons (Fsp3) is 0. The summed E-state index contributed by atoms with van der Waals surface area (Å²) < 4.78 is 0. The van der Waals surface area contributed by atoms with E-state index in [0.717, 1.165) is 11.0 Å². The number of pyridine rings is 2. The molecule has 2 aromatic heterocycles. The summed E-state index contributed by atoms with van der Waals surface area (Å²) in [6.07, 6.45) is 1.66. The second-order valence-corrected chi connectivity index (χ2v) is 4.91. The molecule has 0 unspecified atom stereocenters. The van der Waals surface area contributed by atoms with Gasteiger partial charge in [-0.2, -0.15) is 0 Å². The Hall–Kier alpha value is -2.45. The number of para-hydroxylation sites is 2. The normalized spacial score (nSPS) is 10.1. The van der Waals surface area contributed by atoms with E-state index in [2.05, 4.69) is 28.2 Å². The van der Waals surface area contributed by atoms with E-state index in [1.807, 2.05) is 48.5 Å². The smallest absolute Gasteiger partial charge is 0.129 e. The molecule has 0 spiro atoms. The molecule has 3 heteroatoms. The van der Waals surface area contributed by atoms with Crippen molar-refractivity contribution >= 4 is 33.4 Å². The lowest BCUT2D eigenvalue weighted by molar-refractivity contribution is 1.33. The Labute approximate surface area is 128 Å². The summed E-state index contributed by atoms with van der Waals surface area (Å²) >= 11 is 5.43. The van der Waals surface area contributed by atoms with Crippen LogP contribution < -0.4 is 0 Å². The number of fused-ring (bicyclic) bond motifs is 2. The van der Waals surface area contributed by atoms with Crippen LogP contribution in [0.1, 0.15) is 0 Å². The topological polar surface area (TPSA) is 25.8 Å². The van der Waals surface area contributed by atoms with Crippen LogP contribution in [0, 0.1) is 0 Å². The number of nitrogens with zero attached hydrogens (tertiary/aromatic N) is 2. The van der Waals surface area contributed by atoms with Gasteiger partial charge in [0.05, 0.1) is 11.0 Å². The summed E-state index contributed by atoms with van der Waals surface area (Å²) in [6, 6.07) is 24.0. The number of rotatable bonds is 0. The molecule has 0 bridgehead atoms. The summed E-state index contributed by atoms with van der Waals surface area (Å²) in [5, 5.41) is 2.94. The first-order chi connectivity index (χ1) is 10.3. The second-order valence-electron chi connectivity index (χ2n) is 4.53. The predicted molar refractivity (Wildman–Crippen MR) is 88.5 cm³/mol. The van der Waals surface area contributed by atoms with Crippen molar-refractivity contribution in [1.82, 2.24) is 9.97 Å². The van der Waals surface area contributed by atoms with Crippen LogP contribution in [0.25, 0.3) is 21.8 Å². The zero-order chi connectivity index (χ0) is 14.5. The van der Waals surface area contributed by atoms with E-state index >= 15 is 0 Å². The minimum Gasteiger partial charge on any atom is -0.248 e. The molecule has 0 saturated heterocycles. The van der Waals surface area contributed by atoms with Gasteiger partial charge in [0.25, 0.3) is 0 Å². The van der Waals surface area contributed by atoms with Gasteiger partial charge >= 0.3 is 0 Å². The lowest BCUT2D eigenvalue weighted by atomic mass is 10.1. The van der Waals surface area contributed by atoms with Crippen LogP contribution in [0.15, 0.2) is 79.0 Å². The Morgan fingerprint density at radius 3 is 1.71 bits per heavy atom. The first-order valence-electron chi connectivity index (χ1n) is 6.64. The summed E-state index contributed by atoms with van der Waals surface area (Å²) in [5.41, 5.74) is 2.12. The second kappa shape index (κ2) is 6.33. The molecule has 0 radical (unpaired) electrons. The Balaban J connectivity index is 0.000000160. The average Bonchev–Trinajstić information content (AvgIpc) is 2.54. The van der Waals surface area contributed by atoms with Crippen molar-refractivity contribution in [2.75, 3.05) is 0 Å². The number of hydrogen-bond acceptors (Lipinski definition) is 2. The lowest BCUT2D eigenvalue weighted by Crippen LogP contribution is -1.80. The van der Waals surface area contributed by atoms with Gasteiger partial charge in [0.1, 0.15) is 5.15 Å². The monoisotopic (exact) mass is 292 g/mol. The third-order valence-corrected chi connectivity index (χ3v) is 3.28. The number of hydrogen-bond donors (Lipinski definition) is 0. The van der Waals surface area contributed by atoms with Gasteiger partial charge in [0, 0.05) is 17.0 Å². The summed E-state index contributed by atoms with van der Waals surface area (Å²) in [6.45, 7) is 0. The van der Waals surface area contributed by atoms with Gasteiger partial charge in [-0.3, -0.25) is 0 Å². The van der Waals surface area contributed by atoms with Gasteiger partial charge in [-0.15, -0.1) is 0 Å². The van der Waals surface area contributed by atoms with Gasteiger partial charge in [0.15, 0.2) is 0 Å². The van der Waals surface area contributed by atoms with Crippen molar-refractivity contribution in [2.45, 2.75) is 0 Å². The molecule has 0 N–H and O–H groups in total. The largest absolute Gasteiger partial charge is 0.248 e. The van der Waals surface area contributed by atoms with E-state index in [9.17, 15) is 0 Å². The van der Waals surface area contributed by atoms with Crippen LogP contribution in [-0.4, -0.2) is 9.97 Å². The summed E-state index contributed by atoms with van der Waals surface area (Å²) in [4.78, 5) is 8.32. The zero-order valence-electron chi connectivity index (χ0n) is 11.3. The minimum absolute atomic E-state index is 0.544. The van der Waals surface area contributed by atoms with Gasteiger partial charge in [-0.25, -0.2) is 9.97 Å². The summed E-state index contributed by atoms with van der Waals surface area (Å²) in [7, 11) is 0. The van der Waals surface area contributed by atoms with Crippen molar-refractivity contribution in [3.63, 3.8) is 0 Å². The minimum atomic E-state index is 0.544. The molecule has 21 heavy (non-hydrogen) atoms. The van der Waals surface area contributed by atoms with Crippen LogP contribution in [0.3, 0.4) is 0 Å². The van der Waals surface area contributed by atoms with Crippen LogP contribution in [0.4, 0.5) is 0 Å². The zero-order valence-corrected chi connectivity index (χ0v) is 12.0. The van der Waals surface area contributed by atoms with Crippen LogP contribution in [0.2, 0.25) is 5.15 Å². The maximum Gasteiger partial charge on any atom is 0.129 e. The Kier molecular flexibility index (Phi) is 4.08. The maximum absolute atomic E-state index is 5.43. The van der Waals surface area contributed by atoms with E-state index in [1.165, 1.54) is 10.8 Å². The third kappa shape index (κ3) is 3.36. The molecule has 0 amide bonds. The molecule has 0 fully saturated rings. The Morgan fingerprint density at radius 1 is 0.667 bits per heavy atom. The van der Waals surface area contributed by atoms with E-state index in [1.54, 1.807) is 12.3 Å². The molecule has 4 aromatic rings. The van der Waals surface area contributed by atoms with Gasteiger partial charge in [-0.1, -0.05) is 54.1 Å². The third-order valence-electron chi connectivity index (χ3n) is 3.05. The molecule has 0 aliphatic rings. The van der Waals surface area contributed by atoms with Gasteiger partial charge in [-0.05, 0) is 30.3 Å². The number of halogens is 1. The molecule has 4 rings (SSSR count). The highest BCUT2D eigenvalue weighted by Crippen LogP contribution is 2.18. The molecule has 0 aliphatic heterocycles. The molecule has 2 nitrogen and oxygen atoms in total. The quantitative estimate of drug-likeness (QED) is 0.332. The Bertz CT molecular complexity index is 755. The first-order valence-corrected chi connectivity index (χ1v) is 7.02. The highest BCUT2D eigenvalue weighted by molar-refractivity contribution is 6.29. The molecular formula is C18H13ClN2. The summed E-state index contributed by atoms with van der Waals surface area (Å²) in [5.74, 6) is 0. The van der Waals surface area contributed by atoms with E-state index < -0.39 is 0 Å². The van der Waals surface area contributed by atoms with Crippen molar-refractivity contribution < 1.29 is 0 Å². The molecule has 0 atom stereocenters. The number of aromatic nitrogens is 2. The average molecular weight is 293 g/mol. The van der Waals surface area contributed by atoms with Crippen molar-refractivity contribution in [3.8, 4) is 0 Å².